The topological polar surface area (TPSA) is 81.2 Å². The van der Waals surface area contributed by atoms with E-state index in [0.717, 1.165) is 47.5 Å². The molecule has 0 saturated heterocycles. The Labute approximate surface area is 303 Å². The highest BCUT2D eigenvalue weighted by atomic mass is 33.5. The molecule has 4 radical (unpaired) electrons. The summed E-state index contributed by atoms with van der Waals surface area (Å²) in [5.41, 5.74) is 2.16. The Hall–Kier alpha value is -0.536. The van der Waals surface area contributed by atoms with Gasteiger partial charge in [-0.05, 0) is 72.9 Å². The standard InChI is InChI=1S/C32H44N2O6S5Si2/c1-23(35-3)37-15-9-17-39-46-21-25(31-33-27-11-5-7-13-29(27)43-31)19-41-45-42-20-26(22-47-40-18-10-16-38-24(2)36-4)32-34-28-12-6-8-14-30(28)44-32/h5-8,11-14,23-26H,9-10,15-22H2,1-4H3. The van der Waals surface area contributed by atoms with Gasteiger partial charge in [-0.25, -0.2) is 9.97 Å². The van der Waals surface area contributed by atoms with Crippen LogP contribution in [0, 0.1) is 0 Å². The molecule has 0 N–H and O–H groups in total. The fourth-order valence-corrected chi connectivity index (χ4v) is 13.3. The molecule has 4 aromatic rings. The Morgan fingerprint density at radius 1 is 0.660 bits per heavy atom. The third-order valence-corrected chi connectivity index (χ3v) is 15.9. The van der Waals surface area contributed by atoms with Crippen LogP contribution >= 0.6 is 54.1 Å². The lowest BCUT2D eigenvalue weighted by atomic mass is 10.2. The van der Waals surface area contributed by atoms with Crippen molar-refractivity contribution in [3.8, 4) is 0 Å². The van der Waals surface area contributed by atoms with Gasteiger partial charge in [0.15, 0.2) is 12.6 Å². The molecule has 4 unspecified atom stereocenters. The number of benzene rings is 2. The zero-order valence-corrected chi connectivity index (χ0v) is 33.5. The maximum Gasteiger partial charge on any atom is 0.230 e. The number of hydrogen-bond donors (Lipinski definition) is 0. The number of thiazole rings is 2. The molecule has 4 rings (SSSR count). The molecule has 0 saturated carbocycles. The molecule has 0 aliphatic carbocycles. The average molecular weight is 769 g/mol. The fraction of sp³-hybridized carbons (Fsp3) is 0.562. The molecule has 4 atom stereocenters. The van der Waals surface area contributed by atoms with Gasteiger partial charge in [-0.3, -0.25) is 0 Å². The predicted molar refractivity (Wildman–Crippen MR) is 204 cm³/mol. The Morgan fingerprint density at radius 3 is 1.53 bits per heavy atom. The van der Waals surface area contributed by atoms with E-state index in [4.69, 9.17) is 37.8 Å². The van der Waals surface area contributed by atoms with Gasteiger partial charge in [0.2, 0.25) is 19.5 Å². The highest BCUT2D eigenvalue weighted by Gasteiger charge is 2.20. The average Bonchev–Trinajstić information content (AvgIpc) is 3.73. The summed E-state index contributed by atoms with van der Waals surface area (Å²) < 4.78 is 36.0. The van der Waals surface area contributed by atoms with Crippen molar-refractivity contribution in [2.24, 2.45) is 0 Å². The maximum atomic E-state index is 6.03. The number of hydrogen-bond acceptors (Lipinski definition) is 13. The molecular weight excluding hydrogens is 725 g/mol. The minimum atomic E-state index is -0.181. The lowest BCUT2D eigenvalue weighted by Gasteiger charge is -2.15. The Balaban J connectivity index is 1.24. The molecule has 256 valence electrons. The summed E-state index contributed by atoms with van der Waals surface area (Å²) >= 11 is 3.62. The summed E-state index contributed by atoms with van der Waals surface area (Å²) in [6.45, 7) is 6.46. The molecule has 0 aliphatic rings. The fourth-order valence-electron chi connectivity index (χ4n) is 4.18. The van der Waals surface area contributed by atoms with Crippen LogP contribution in [-0.2, 0) is 27.8 Å². The quantitative estimate of drug-likeness (QED) is 0.0266. The monoisotopic (exact) mass is 768 g/mol. The van der Waals surface area contributed by atoms with Gasteiger partial charge in [0.25, 0.3) is 0 Å². The van der Waals surface area contributed by atoms with E-state index in [-0.39, 0.29) is 12.6 Å². The maximum absolute atomic E-state index is 6.03. The lowest BCUT2D eigenvalue weighted by Crippen LogP contribution is -2.13. The van der Waals surface area contributed by atoms with Crippen LogP contribution in [0.4, 0.5) is 0 Å². The van der Waals surface area contributed by atoms with Gasteiger partial charge in [0.05, 0.1) is 43.7 Å². The van der Waals surface area contributed by atoms with Crippen molar-refractivity contribution in [3.63, 3.8) is 0 Å². The van der Waals surface area contributed by atoms with Crippen LogP contribution in [-0.4, -0.2) is 94.2 Å². The number of nitrogens with zero attached hydrogens (tertiary/aromatic N) is 2. The van der Waals surface area contributed by atoms with Gasteiger partial charge >= 0.3 is 0 Å². The predicted octanol–water partition coefficient (Wildman–Crippen LogP) is 8.71. The molecule has 15 heteroatoms. The van der Waals surface area contributed by atoms with Crippen LogP contribution in [0.25, 0.3) is 20.4 Å². The van der Waals surface area contributed by atoms with Crippen LogP contribution in [0.3, 0.4) is 0 Å². The first-order chi connectivity index (χ1) is 23.1. The van der Waals surface area contributed by atoms with Gasteiger partial charge in [-0.15, -0.1) is 22.7 Å². The lowest BCUT2D eigenvalue weighted by molar-refractivity contribution is -0.112. The van der Waals surface area contributed by atoms with E-state index in [1.165, 1.54) is 19.4 Å². The first kappa shape index (κ1) is 39.3. The third-order valence-electron chi connectivity index (χ3n) is 6.97. The molecule has 0 fully saturated rings. The van der Waals surface area contributed by atoms with Gasteiger partial charge in [0.1, 0.15) is 0 Å². The zero-order chi connectivity index (χ0) is 33.1. The molecule has 2 aromatic heterocycles. The SMILES string of the molecule is COC(C)OCCCO[Si]CC(CSSSCC(C[Si]OCCCOC(C)OC)c1nc2ccccc2s1)c1nc2ccccc2s1. The highest BCUT2D eigenvalue weighted by molar-refractivity contribution is 9.09. The molecular formula is C32H44N2O6S5Si2. The second-order valence-electron chi connectivity index (χ2n) is 10.5. The van der Waals surface area contributed by atoms with Crippen LogP contribution in [0.15, 0.2) is 48.5 Å². The van der Waals surface area contributed by atoms with Crippen molar-refractivity contribution in [1.29, 1.82) is 0 Å². The van der Waals surface area contributed by atoms with Crippen LogP contribution in [0.1, 0.15) is 48.5 Å². The summed E-state index contributed by atoms with van der Waals surface area (Å²) in [6, 6.07) is 18.8. The van der Waals surface area contributed by atoms with E-state index < -0.39 is 0 Å². The summed E-state index contributed by atoms with van der Waals surface area (Å²) in [7, 11) is 9.88. The van der Waals surface area contributed by atoms with Crippen molar-refractivity contribution < 1.29 is 27.8 Å². The molecule has 0 bridgehead atoms. The summed E-state index contributed by atoms with van der Waals surface area (Å²) in [6.07, 6.45) is 1.35. The van der Waals surface area contributed by atoms with E-state index in [9.17, 15) is 0 Å². The van der Waals surface area contributed by atoms with Crippen LogP contribution < -0.4 is 0 Å². The molecule has 2 aromatic carbocycles. The number of aromatic nitrogens is 2. The number of methoxy groups -OCH3 is 2. The van der Waals surface area contributed by atoms with E-state index in [2.05, 4.69) is 48.5 Å². The summed E-state index contributed by atoms with van der Waals surface area (Å²) in [5, 5.41) is 2.40. The van der Waals surface area contributed by atoms with Gasteiger partial charge in [-0.1, -0.05) is 45.9 Å². The van der Waals surface area contributed by atoms with Crippen molar-refractivity contribution in [3.05, 3.63) is 58.5 Å². The zero-order valence-electron chi connectivity index (χ0n) is 27.4. The smallest absolute Gasteiger partial charge is 0.230 e. The van der Waals surface area contributed by atoms with Crippen molar-refractivity contribution in [2.75, 3.05) is 52.2 Å². The first-order valence-electron chi connectivity index (χ1n) is 15.7. The Bertz CT molecular complexity index is 1250. The molecule has 2 heterocycles. The molecule has 8 nitrogen and oxygen atoms in total. The summed E-state index contributed by atoms with van der Waals surface area (Å²) in [5.74, 6) is 2.67. The van der Waals surface area contributed by atoms with Gasteiger partial charge < -0.3 is 27.8 Å². The van der Waals surface area contributed by atoms with Crippen LogP contribution in [0.2, 0.25) is 12.1 Å². The Kier molecular flexibility index (Phi) is 19.2. The molecule has 0 aliphatic heterocycles. The number of rotatable bonds is 26. The second kappa shape index (κ2) is 23.0. The first-order valence-corrected chi connectivity index (χ1v) is 23.4. The van der Waals surface area contributed by atoms with Gasteiger partial charge in [0, 0.05) is 50.8 Å². The van der Waals surface area contributed by atoms with E-state index in [0.29, 0.717) is 57.8 Å². The number of para-hydroxylation sites is 2. The minimum Gasteiger partial charge on any atom is -0.417 e. The van der Waals surface area contributed by atoms with Crippen LogP contribution in [0.5, 0.6) is 0 Å². The van der Waals surface area contributed by atoms with Crippen molar-refractivity contribution >= 4 is 94.0 Å². The summed E-state index contributed by atoms with van der Waals surface area (Å²) in [4.78, 5) is 10.0. The van der Waals surface area contributed by atoms with E-state index in [1.54, 1.807) is 14.2 Å². The van der Waals surface area contributed by atoms with E-state index >= 15 is 0 Å². The van der Waals surface area contributed by atoms with Crippen molar-refractivity contribution in [2.45, 2.75) is 63.2 Å². The molecule has 0 amide bonds. The number of fused-ring (bicyclic) bond motifs is 2. The minimum absolute atomic E-state index is 0.181. The normalized spacial score (nSPS) is 14.6. The van der Waals surface area contributed by atoms with Crippen molar-refractivity contribution in [1.82, 2.24) is 9.97 Å². The van der Waals surface area contributed by atoms with Gasteiger partial charge in [-0.2, -0.15) is 0 Å². The number of ether oxygens (including phenoxy) is 4. The second-order valence-corrected chi connectivity index (χ2v) is 18.9. The van der Waals surface area contributed by atoms with E-state index in [1.807, 2.05) is 67.9 Å². The molecule has 47 heavy (non-hydrogen) atoms. The largest absolute Gasteiger partial charge is 0.417 e. The third kappa shape index (κ3) is 14.3. The molecule has 0 spiro atoms. The Morgan fingerprint density at radius 2 is 1.11 bits per heavy atom. The highest BCUT2D eigenvalue weighted by Crippen LogP contribution is 2.43.